The number of aliphatic hydroxyl groups is 1. The van der Waals surface area contributed by atoms with Crippen molar-refractivity contribution in [3.8, 4) is 0 Å². The maximum absolute atomic E-state index is 9.81. The molecule has 0 radical (unpaired) electrons. The molecule has 1 atom stereocenters. The Balaban J connectivity index is 3.58. The molecule has 0 unspecified atom stereocenters. The van der Waals surface area contributed by atoms with Gasteiger partial charge in [0.2, 0.25) is 0 Å². The second kappa shape index (κ2) is 2.07. The van der Waals surface area contributed by atoms with Gasteiger partial charge in [0.25, 0.3) is 0 Å². The molecule has 0 saturated carbocycles. The number of hydrogen-bond acceptors (Lipinski definition) is 2. The zero-order valence-electron chi connectivity index (χ0n) is 4.64. The van der Waals surface area contributed by atoms with Crippen molar-refractivity contribution in [1.82, 2.24) is 0 Å². The second-order valence-electron chi connectivity index (χ2n) is 1.83. The van der Waals surface area contributed by atoms with Crippen molar-refractivity contribution in [3.05, 3.63) is 0 Å². The Labute approximate surface area is 43.2 Å². The Morgan fingerprint density at radius 2 is 2.29 bits per heavy atom. The SMILES string of the molecule is CC[C@@](C)(O)C=O. The molecule has 0 rings (SSSR count). The molecule has 0 aromatic heterocycles. The third-order valence-corrected chi connectivity index (χ3v) is 0.970. The summed E-state index contributed by atoms with van der Waals surface area (Å²) < 4.78 is 0. The predicted octanol–water partition coefficient (Wildman–Crippen LogP) is 0.346. The largest absolute Gasteiger partial charge is 0.383 e. The summed E-state index contributed by atoms with van der Waals surface area (Å²) in [5, 5.41) is 8.76. The van der Waals surface area contributed by atoms with Gasteiger partial charge in [0.1, 0.15) is 5.60 Å². The van der Waals surface area contributed by atoms with E-state index in [0.29, 0.717) is 12.7 Å². The molecular formula is C5H10O2. The van der Waals surface area contributed by atoms with Crippen molar-refractivity contribution in [1.29, 1.82) is 0 Å². The van der Waals surface area contributed by atoms with E-state index >= 15 is 0 Å². The van der Waals surface area contributed by atoms with Crippen molar-refractivity contribution in [2.75, 3.05) is 0 Å². The summed E-state index contributed by atoms with van der Waals surface area (Å²) >= 11 is 0. The smallest absolute Gasteiger partial charge is 0.151 e. The Bertz CT molecular complexity index is 66.5. The van der Waals surface area contributed by atoms with Gasteiger partial charge in [-0.15, -0.1) is 0 Å². The molecule has 2 heteroatoms. The molecule has 2 nitrogen and oxygen atoms in total. The van der Waals surface area contributed by atoms with E-state index in [9.17, 15) is 4.79 Å². The van der Waals surface area contributed by atoms with E-state index in [2.05, 4.69) is 0 Å². The standard InChI is InChI=1S/C5H10O2/c1-3-5(2,7)4-6/h4,7H,3H2,1-2H3/t5-/m1/s1. The third-order valence-electron chi connectivity index (χ3n) is 0.970. The highest BCUT2D eigenvalue weighted by atomic mass is 16.3. The van der Waals surface area contributed by atoms with E-state index < -0.39 is 5.60 Å². The zero-order valence-corrected chi connectivity index (χ0v) is 4.64. The number of carbonyl (C=O) groups is 1. The minimum absolute atomic E-state index is 0.483. The van der Waals surface area contributed by atoms with Crippen LogP contribution in [0.25, 0.3) is 0 Å². The van der Waals surface area contributed by atoms with E-state index in [1.54, 1.807) is 6.92 Å². The molecule has 0 amide bonds. The monoisotopic (exact) mass is 102 g/mol. The van der Waals surface area contributed by atoms with Crippen LogP contribution in [-0.2, 0) is 4.79 Å². The van der Waals surface area contributed by atoms with Gasteiger partial charge in [-0.2, -0.15) is 0 Å². The summed E-state index contributed by atoms with van der Waals surface area (Å²) in [7, 11) is 0. The van der Waals surface area contributed by atoms with E-state index in [1.165, 1.54) is 6.92 Å². The average Bonchev–Trinajstić information content (AvgIpc) is 1.68. The van der Waals surface area contributed by atoms with Crippen LogP contribution in [0.3, 0.4) is 0 Å². The predicted molar refractivity (Wildman–Crippen MR) is 27.0 cm³/mol. The van der Waals surface area contributed by atoms with Crippen LogP contribution in [0.4, 0.5) is 0 Å². The van der Waals surface area contributed by atoms with E-state index in [-0.39, 0.29) is 0 Å². The molecule has 0 heterocycles. The molecule has 0 aromatic rings. The van der Waals surface area contributed by atoms with Gasteiger partial charge in [-0.3, -0.25) is 0 Å². The van der Waals surface area contributed by atoms with Gasteiger partial charge < -0.3 is 9.90 Å². The molecule has 0 fully saturated rings. The molecule has 0 aliphatic rings. The van der Waals surface area contributed by atoms with Crippen LogP contribution in [0.5, 0.6) is 0 Å². The Morgan fingerprint density at radius 3 is 2.29 bits per heavy atom. The molecule has 7 heavy (non-hydrogen) atoms. The van der Waals surface area contributed by atoms with Gasteiger partial charge in [-0.05, 0) is 13.3 Å². The number of aldehydes is 1. The zero-order chi connectivity index (χ0) is 5.91. The minimum atomic E-state index is -1.10. The summed E-state index contributed by atoms with van der Waals surface area (Å²) in [5.74, 6) is 0. The molecule has 0 aliphatic heterocycles. The van der Waals surface area contributed by atoms with E-state index in [4.69, 9.17) is 5.11 Å². The lowest BCUT2D eigenvalue weighted by Crippen LogP contribution is -2.23. The lowest BCUT2D eigenvalue weighted by Gasteiger charge is -2.09. The number of hydrogen-bond donors (Lipinski definition) is 1. The second-order valence-corrected chi connectivity index (χ2v) is 1.83. The molecule has 42 valence electrons. The lowest BCUT2D eigenvalue weighted by molar-refractivity contribution is -0.122. The van der Waals surface area contributed by atoms with E-state index in [0.717, 1.165) is 0 Å². The fourth-order valence-corrected chi connectivity index (χ4v) is 0.0833. The van der Waals surface area contributed by atoms with Crippen LogP contribution in [0.2, 0.25) is 0 Å². The highest BCUT2D eigenvalue weighted by molar-refractivity contribution is 5.60. The van der Waals surface area contributed by atoms with Gasteiger partial charge >= 0.3 is 0 Å². The molecule has 0 bridgehead atoms. The summed E-state index contributed by atoms with van der Waals surface area (Å²) in [6, 6.07) is 0. The normalized spacial score (nSPS) is 18.1. The topological polar surface area (TPSA) is 37.3 Å². The van der Waals surface area contributed by atoms with Crippen LogP contribution >= 0.6 is 0 Å². The summed E-state index contributed by atoms with van der Waals surface area (Å²) in [4.78, 5) is 9.81. The highest BCUT2D eigenvalue weighted by Gasteiger charge is 2.13. The van der Waals surface area contributed by atoms with Crippen molar-refractivity contribution < 1.29 is 9.90 Å². The fraction of sp³-hybridized carbons (Fsp3) is 0.800. The molecule has 0 aliphatic carbocycles. The molecule has 0 saturated heterocycles. The lowest BCUT2D eigenvalue weighted by atomic mass is 10.1. The van der Waals surface area contributed by atoms with Gasteiger partial charge in [0.15, 0.2) is 6.29 Å². The Morgan fingerprint density at radius 1 is 1.86 bits per heavy atom. The number of carbonyl (C=O) groups excluding carboxylic acids is 1. The maximum atomic E-state index is 9.81. The van der Waals surface area contributed by atoms with Crippen molar-refractivity contribution in [3.63, 3.8) is 0 Å². The molecule has 0 aromatic carbocycles. The minimum Gasteiger partial charge on any atom is -0.383 e. The van der Waals surface area contributed by atoms with Crippen molar-refractivity contribution in [2.24, 2.45) is 0 Å². The molecule has 1 N–H and O–H groups in total. The molecule has 0 spiro atoms. The van der Waals surface area contributed by atoms with Crippen LogP contribution in [-0.4, -0.2) is 17.0 Å². The van der Waals surface area contributed by atoms with Gasteiger partial charge in [0.05, 0.1) is 0 Å². The fourth-order valence-electron chi connectivity index (χ4n) is 0.0833. The number of rotatable bonds is 2. The van der Waals surface area contributed by atoms with Crippen LogP contribution < -0.4 is 0 Å². The first kappa shape index (κ1) is 6.63. The Hall–Kier alpha value is -0.370. The summed E-state index contributed by atoms with van der Waals surface area (Å²) in [6.45, 7) is 3.24. The summed E-state index contributed by atoms with van der Waals surface area (Å²) in [6.07, 6.45) is 1.03. The first-order valence-corrected chi connectivity index (χ1v) is 2.31. The van der Waals surface area contributed by atoms with Crippen LogP contribution in [0.15, 0.2) is 0 Å². The van der Waals surface area contributed by atoms with Gasteiger partial charge in [-0.25, -0.2) is 0 Å². The summed E-state index contributed by atoms with van der Waals surface area (Å²) in [5.41, 5.74) is -1.10. The van der Waals surface area contributed by atoms with Crippen LogP contribution in [0.1, 0.15) is 20.3 Å². The maximum Gasteiger partial charge on any atom is 0.151 e. The first-order chi connectivity index (χ1) is 3.12. The average molecular weight is 102 g/mol. The third kappa shape index (κ3) is 2.34. The van der Waals surface area contributed by atoms with Crippen molar-refractivity contribution in [2.45, 2.75) is 25.9 Å². The highest BCUT2D eigenvalue weighted by Crippen LogP contribution is 2.01. The van der Waals surface area contributed by atoms with Gasteiger partial charge in [0, 0.05) is 0 Å². The quantitative estimate of drug-likeness (QED) is 0.511. The Kier molecular flexibility index (Phi) is 1.96. The van der Waals surface area contributed by atoms with Crippen LogP contribution in [0, 0.1) is 0 Å². The first-order valence-electron chi connectivity index (χ1n) is 2.31. The molecular weight excluding hydrogens is 92.1 g/mol. The van der Waals surface area contributed by atoms with Crippen molar-refractivity contribution >= 4 is 6.29 Å². The van der Waals surface area contributed by atoms with Gasteiger partial charge in [-0.1, -0.05) is 6.92 Å². The van der Waals surface area contributed by atoms with E-state index in [1.807, 2.05) is 0 Å².